The van der Waals surface area contributed by atoms with Crippen LogP contribution in [0.15, 0.2) is 42.9 Å². The molecule has 2 N–H and O–H groups in total. The number of rotatable bonds is 6. The molecule has 2 aliphatic heterocycles. The maximum absolute atomic E-state index is 13.0. The summed E-state index contributed by atoms with van der Waals surface area (Å²) >= 11 is 0. The molecule has 0 spiro atoms. The lowest BCUT2D eigenvalue weighted by atomic mass is 9.92. The highest BCUT2D eigenvalue weighted by Gasteiger charge is 2.50. The summed E-state index contributed by atoms with van der Waals surface area (Å²) in [4.78, 5) is 61.9. The zero-order valence-electron chi connectivity index (χ0n) is 18.9. The molecule has 12 heteroatoms. The van der Waals surface area contributed by atoms with Gasteiger partial charge in [-0.25, -0.2) is 9.78 Å². The molecule has 0 radical (unpaired) electrons. The molecular formula is C22H25N7O5. The summed E-state index contributed by atoms with van der Waals surface area (Å²) in [6, 6.07) is 6.04. The summed E-state index contributed by atoms with van der Waals surface area (Å²) in [5.74, 6) is -0.686. The highest BCUT2D eigenvalue weighted by atomic mass is 16.5. The Morgan fingerprint density at radius 3 is 2.44 bits per heavy atom. The first kappa shape index (κ1) is 23.1. The van der Waals surface area contributed by atoms with Crippen LogP contribution >= 0.6 is 0 Å². The molecule has 5 amide bonds. The van der Waals surface area contributed by atoms with Crippen molar-refractivity contribution in [3.05, 3.63) is 54.1 Å². The standard InChI is InChI=1S/C22H25N7O5/c1-22(15-3-5-16(34-2)6-4-15)20(32)29(21(33)25-22)26-18(30)14-27-9-11-28(12-10-27)19(31)17-13-23-7-8-24-17/h3-8,13H,9-12,14H2,1-2H3,(H,25,33)(H,26,30). The Balaban J connectivity index is 1.31. The minimum Gasteiger partial charge on any atom is -0.497 e. The fourth-order valence-electron chi connectivity index (χ4n) is 3.90. The topological polar surface area (TPSA) is 137 Å². The molecule has 2 fully saturated rings. The lowest BCUT2D eigenvalue weighted by Gasteiger charge is -2.34. The Kier molecular flexibility index (Phi) is 6.41. The number of carbonyl (C=O) groups excluding carboxylic acids is 4. The Hall–Kier alpha value is -4.06. The minimum atomic E-state index is -1.32. The molecule has 1 aromatic heterocycles. The highest BCUT2D eigenvalue weighted by molar-refractivity contribution is 6.08. The molecule has 2 aliphatic rings. The van der Waals surface area contributed by atoms with Gasteiger partial charge in [0.2, 0.25) is 0 Å². The van der Waals surface area contributed by atoms with Crippen LogP contribution in [-0.2, 0) is 15.1 Å². The molecular weight excluding hydrogens is 442 g/mol. The molecule has 0 aliphatic carbocycles. The van der Waals surface area contributed by atoms with E-state index in [-0.39, 0.29) is 18.1 Å². The van der Waals surface area contributed by atoms with Crippen molar-refractivity contribution >= 4 is 23.8 Å². The first-order valence-electron chi connectivity index (χ1n) is 10.7. The smallest absolute Gasteiger partial charge is 0.344 e. The fourth-order valence-corrected chi connectivity index (χ4v) is 3.90. The van der Waals surface area contributed by atoms with Crippen molar-refractivity contribution in [2.24, 2.45) is 0 Å². The average Bonchev–Trinajstić information content (AvgIpc) is 3.08. The van der Waals surface area contributed by atoms with Gasteiger partial charge in [-0.2, -0.15) is 5.01 Å². The molecule has 178 valence electrons. The van der Waals surface area contributed by atoms with E-state index in [1.807, 2.05) is 4.90 Å². The molecule has 0 bridgehead atoms. The number of piperazine rings is 1. The molecule has 2 saturated heterocycles. The zero-order valence-corrected chi connectivity index (χ0v) is 18.9. The van der Waals surface area contributed by atoms with Gasteiger partial charge in [0.1, 0.15) is 17.0 Å². The predicted molar refractivity (Wildman–Crippen MR) is 118 cm³/mol. The van der Waals surface area contributed by atoms with E-state index < -0.39 is 23.4 Å². The van der Waals surface area contributed by atoms with Crippen LogP contribution in [0.3, 0.4) is 0 Å². The summed E-state index contributed by atoms with van der Waals surface area (Å²) in [7, 11) is 1.53. The van der Waals surface area contributed by atoms with E-state index in [2.05, 4.69) is 20.7 Å². The number of nitrogens with one attached hydrogen (secondary N) is 2. The Morgan fingerprint density at radius 2 is 1.82 bits per heavy atom. The van der Waals surface area contributed by atoms with Gasteiger partial charge in [-0.05, 0) is 24.6 Å². The predicted octanol–water partition coefficient (Wildman–Crippen LogP) is -0.259. The van der Waals surface area contributed by atoms with Gasteiger partial charge in [-0.1, -0.05) is 12.1 Å². The largest absolute Gasteiger partial charge is 0.497 e. The van der Waals surface area contributed by atoms with E-state index in [1.54, 1.807) is 36.1 Å². The van der Waals surface area contributed by atoms with E-state index >= 15 is 0 Å². The summed E-state index contributed by atoms with van der Waals surface area (Å²) in [6.07, 6.45) is 4.38. The van der Waals surface area contributed by atoms with Crippen molar-refractivity contribution in [3.63, 3.8) is 0 Å². The Labute approximate surface area is 195 Å². The fraction of sp³-hybridized carbons (Fsp3) is 0.364. The molecule has 3 heterocycles. The number of hydrazine groups is 1. The van der Waals surface area contributed by atoms with Crippen LogP contribution in [0.5, 0.6) is 5.75 Å². The van der Waals surface area contributed by atoms with Gasteiger partial charge in [0.05, 0.1) is 19.9 Å². The minimum absolute atomic E-state index is 0.0243. The van der Waals surface area contributed by atoms with Gasteiger partial charge in [-0.3, -0.25) is 29.7 Å². The second-order valence-corrected chi connectivity index (χ2v) is 8.12. The van der Waals surface area contributed by atoms with Crippen LogP contribution < -0.4 is 15.5 Å². The number of imide groups is 1. The maximum atomic E-state index is 13.0. The summed E-state index contributed by atoms with van der Waals surface area (Å²) in [5.41, 5.74) is 1.92. The van der Waals surface area contributed by atoms with E-state index in [9.17, 15) is 19.2 Å². The van der Waals surface area contributed by atoms with Gasteiger partial charge < -0.3 is 15.0 Å². The normalized spacial score (nSPS) is 20.8. The summed E-state index contributed by atoms with van der Waals surface area (Å²) in [6.45, 7) is 3.31. The number of benzene rings is 1. The molecule has 1 unspecified atom stereocenters. The van der Waals surface area contributed by atoms with Crippen molar-refractivity contribution in [3.8, 4) is 5.75 Å². The third-order valence-corrected chi connectivity index (χ3v) is 5.90. The SMILES string of the molecule is COc1ccc(C2(C)NC(=O)N(NC(=O)CN3CCN(C(=O)c4cnccn4)CC3)C2=O)cc1. The first-order chi connectivity index (χ1) is 16.3. The van der Waals surface area contributed by atoms with E-state index in [4.69, 9.17) is 4.74 Å². The number of urea groups is 1. The van der Waals surface area contributed by atoms with Crippen LogP contribution in [0.25, 0.3) is 0 Å². The molecule has 1 aromatic carbocycles. The van der Waals surface area contributed by atoms with Crippen molar-refractivity contribution < 1.29 is 23.9 Å². The van der Waals surface area contributed by atoms with Crippen molar-refractivity contribution in [2.45, 2.75) is 12.5 Å². The lowest BCUT2D eigenvalue weighted by Crippen LogP contribution is -2.54. The van der Waals surface area contributed by atoms with Gasteiger partial charge in [0, 0.05) is 38.6 Å². The molecule has 2 aromatic rings. The number of ether oxygens (including phenoxy) is 1. The number of hydrogen-bond donors (Lipinski definition) is 2. The van der Waals surface area contributed by atoms with Crippen LogP contribution in [-0.4, -0.2) is 88.4 Å². The Bertz CT molecular complexity index is 1090. The van der Waals surface area contributed by atoms with Crippen LogP contribution in [0.4, 0.5) is 4.79 Å². The number of hydrogen-bond acceptors (Lipinski definition) is 8. The second kappa shape index (κ2) is 9.43. The molecule has 4 rings (SSSR count). The Morgan fingerprint density at radius 1 is 1.12 bits per heavy atom. The lowest BCUT2D eigenvalue weighted by molar-refractivity contribution is -0.139. The van der Waals surface area contributed by atoms with Gasteiger partial charge in [-0.15, -0.1) is 0 Å². The first-order valence-corrected chi connectivity index (χ1v) is 10.7. The molecule has 12 nitrogen and oxygen atoms in total. The zero-order chi connectivity index (χ0) is 24.3. The number of nitrogens with zero attached hydrogens (tertiary/aromatic N) is 5. The van der Waals surface area contributed by atoms with E-state index in [0.29, 0.717) is 42.5 Å². The number of amides is 5. The monoisotopic (exact) mass is 467 g/mol. The van der Waals surface area contributed by atoms with Gasteiger partial charge in [0.15, 0.2) is 0 Å². The number of methoxy groups -OCH3 is 1. The number of carbonyl (C=O) groups is 4. The van der Waals surface area contributed by atoms with E-state index in [0.717, 1.165) is 0 Å². The average molecular weight is 467 g/mol. The number of aromatic nitrogens is 2. The molecule has 1 atom stereocenters. The highest BCUT2D eigenvalue weighted by Crippen LogP contribution is 2.29. The van der Waals surface area contributed by atoms with Crippen molar-refractivity contribution in [1.29, 1.82) is 0 Å². The second-order valence-electron chi connectivity index (χ2n) is 8.12. The van der Waals surface area contributed by atoms with Crippen LogP contribution in [0.2, 0.25) is 0 Å². The van der Waals surface area contributed by atoms with Gasteiger partial charge in [0.25, 0.3) is 17.7 Å². The van der Waals surface area contributed by atoms with Crippen LogP contribution in [0, 0.1) is 0 Å². The molecule has 34 heavy (non-hydrogen) atoms. The summed E-state index contributed by atoms with van der Waals surface area (Å²) in [5, 5.41) is 3.35. The van der Waals surface area contributed by atoms with Gasteiger partial charge >= 0.3 is 6.03 Å². The van der Waals surface area contributed by atoms with E-state index in [1.165, 1.54) is 25.7 Å². The third kappa shape index (κ3) is 4.53. The molecule has 0 saturated carbocycles. The van der Waals surface area contributed by atoms with Crippen molar-refractivity contribution in [2.75, 3.05) is 39.8 Å². The quantitative estimate of drug-likeness (QED) is 0.555. The van der Waals surface area contributed by atoms with Crippen LogP contribution in [0.1, 0.15) is 23.0 Å². The maximum Gasteiger partial charge on any atom is 0.344 e. The third-order valence-electron chi connectivity index (χ3n) is 5.90. The van der Waals surface area contributed by atoms with Crippen molar-refractivity contribution in [1.82, 2.24) is 35.5 Å². The summed E-state index contributed by atoms with van der Waals surface area (Å²) < 4.78 is 5.13.